The first-order chi connectivity index (χ1) is 28.2. The van der Waals surface area contributed by atoms with E-state index in [1.54, 1.807) is 0 Å². The highest BCUT2D eigenvalue weighted by atomic mass is 35.5. The summed E-state index contributed by atoms with van der Waals surface area (Å²) in [6.07, 6.45) is 0. The Kier molecular flexibility index (Phi) is 6.95. The molecule has 0 fully saturated rings. The van der Waals surface area contributed by atoms with Crippen LogP contribution >= 0.6 is 11.6 Å². The van der Waals surface area contributed by atoms with Crippen LogP contribution in [0.3, 0.4) is 0 Å². The van der Waals surface area contributed by atoms with Crippen molar-refractivity contribution >= 4 is 87.7 Å². The highest BCUT2D eigenvalue weighted by Gasteiger charge is 2.20. The van der Waals surface area contributed by atoms with Gasteiger partial charge in [0.2, 0.25) is 0 Å². The van der Waals surface area contributed by atoms with Gasteiger partial charge in [-0.3, -0.25) is 0 Å². The molecule has 12 rings (SSSR count). The summed E-state index contributed by atoms with van der Waals surface area (Å²) in [4.78, 5) is 10.7. The second kappa shape index (κ2) is 12.4. The molecule has 57 heavy (non-hydrogen) atoms. The van der Waals surface area contributed by atoms with Gasteiger partial charge in [-0.1, -0.05) is 121 Å². The Morgan fingerprint density at radius 3 is 1.88 bits per heavy atom. The Hall–Kier alpha value is -7.27. The van der Waals surface area contributed by atoms with Crippen molar-refractivity contribution in [3.05, 3.63) is 193 Å². The molecular weight excluding hydrogens is 716 g/mol. The van der Waals surface area contributed by atoms with Crippen LogP contribution in [0.5, 0.6) is 0 Å². The Balaban J connectivity index is 1.12. The molecule has 4 nitrogen and oxygen atoms in total. The van der Waals surface area contributed by atoms with Crippen molar-refractivity contribution < 1.29 is 0 Å². The van der Waals surface area contributed by atoms with Crippen molar-refractivity contribution in [3.8, 4) is 34.0 Å². The van der Waals surface area contributed by atoms with Gasteiger partial charge in [0.15, 0.2) is 5.82 Å². The van der Waals surface area contributed by atoms with Crippen molar-refractivity contribution in [2.75, 3.05) is 0 Å². The number of fused-ring (bicyclic) bond motifs is 9. The Morgan fingerprint density at radius 1 is 0.368 bits per heavy atom. The average molecular weight is 747 g/mol. The maximum absolute atomic E-state index is 6.77. The number of rotatable bonds is 4. The largest absolute Gasteiger partial charge is 0.309 e. The summed E-state index contributed by atoms with van der Waals surface area (Å²) >= 11 is 6.77. The zero-order chi connectivity index (χ0) is 37.6. The molecule has 3 heterocycles. The van der Waals surface area contributed by atoms with Gasteiger partial charge in [0.25, 0.3) is 0 Å². The quantitative estimate of drug-likeness (QED) is 0.180. The highest BCUT2D eigenvalue weighted by molar-refractivity contribution is 6.32. The third kappa shape index (κ3) is 4.94. The van der Waals surface area contributed by atoms with Crippen LogP contribution in [0, 0.1) is 0 Å². The number of benzene rings is 9. The van der Waals surface area contributed by atoms with Gasteiger partial charge in [0.1, 0.15) is 0 Å². The first-order valence-electron chi connectivity index (χ1n) is 19.2. The summed E-state index contributed by atoms with van der Waals surface area (Å²) in [5, 5.41) is 11.1. The van der Waals surface area contributed by atoms with E-state index in [0.717, 1.165) is 77.2 Å². The molecule has 12 aromatic rings. The molecule has 5 heteroatoms. The number of para-hydroxylation sites is 3. The number of hydrogen-bond acceptors (Lipinski definition) is 2. The van der Waals surface area contributed by atoms with E-state index < -0.39 is 0 Å². The fraction of sp³-hybridized carbons (Fsp3) is 0. The summed E-state index contributed by atoms with van der Waals surface area (Å²) in [7, 11) is 0. The van der Waals surface area contributed by atoms with Crippen LogP contribution in [-0.4, -0.2) is 19.1 Å². The van der Waals surface area contributed by atoms with E-state index in [2.05, 4.69) is 191 Å². The van der Waals surface area contributed by atoms with Crippen LogP contribution in [0.2, 0.25) is 5.02 Å². The molecule has 0 unspecified atom stereocenters. The lowest BCUT2D eigenvalue weighted by Gasteiger charge is -2.16. The molecule has 266 valence electrons. The smallest absolute Gasteiger partial charge is 0.160 e. The van der Waals surface area contributed by atoms with Crippen LogP contribution in [0.25, 0.3) is 110 Å². The van der Waals surface area contributed by atoms with E-state index >= 15 is 0 Å². The van der Waals surface area contributed by atoms with Crippen molar-refractivity contribution in [1.82, 2.24) is 19.1 Å². The molecule has 3 aromatic heterocycles. The molecule has 0 saturated carbocycles. The van der Waals surface area contributed by atoms with Gasteiger partial charge in [-0.2, -0.15) is 0 Å². The zero-order valence-electron chi connectivity index (χ0n) is 30.6. The Labute approximate surface area is 332 Å². The van der Waals surface area contributed by atoms with Gasteiger partial charge in [0.05, 0.1) is 39.0 Å². The minimum atomic E-state index is 0.687. The lowest BCUT2D eigenvalue weighted by molar-refractivity contribution is 1.18. The third-order valence-electron chi connectivity index (χ3n) is 11.5. The normalized spacial score (nSPS) is 11.9. The molecule has 0 aliphatic rings. The van der Waals surface area contributed by atoms with Gasteiger partial charge in [-0.25, -0.2) is 9.97 Å². The van der Waals surface area contributed by atoms with Gasteiger partial charge in [-0.15, -0.1) is 0 Å². The van der Waals surface area contributed by atoms with E-state index in [-0.39, 0.29) is 0 Å². The molecular formula is C52H31ClN4. The van der Waals surface area contributed by atoms with Crippen molar-refractivity contribution in [2.24, 2.45) is 0 Å². The molecule has 0 saturated heterocycles. The van der Waals surface area contributed by atoms with Gasteiger partial charge >= 0.3 is 0 Å². The zero-order valence-corrected chi connectivity index (χ0v) is 31.3. The lowest BCUT2D eigenvalue weighted by Crippen LogP contribution is -1.99. The summed E-state index contributed by atoms with van der Waals surface area (Å²) in [5.74, 6) is 0.687. The molecule has 0 bridgehead atoms. The van der Waals surface area contributed by atoms with E-state index in [0.29, 0.717) is 10.8 Å². The van der Waals surface area contributed by atoms with Crippen molar-refractivity contribution in [3.63, 3.8) is 0 Å². The van der Waals surface area contributed by atoms with Gasteiger partial charge in [0, 0.05) is 54.2 Å². The molecule has 0 atom stereocenters. The van der Waals surface area contributed by atoms with E-state index in [1.165, 1.54) is 27.1 Å². The molecule has 0 spiro atoms. The SMILES string of the molecule is Clc1ccc2c3cc4ccccc4cc3n(-c3cc(-c4nc(-c5ccc6c(c5)c5ccccc5n6-c5ccccc5)nc5ccccc45)cc4ccccc34)c2c1. The maximum Gasteiger partial charge on any atom is 0.160 e. The molecule has 0 aliphatic heterocycles. The molecule has 0 aliphatic carbocycles. The Bertz CT molecular complexity index is 3600. The summed E-state index contributed by atoms with van der Waals surface area (Å²) in [5.41, 5.74) is 10.5. The number of nitrogens with zero attached hydrogens (tertiary/aromatic N) is 4. The molecule has 9 aromatic carbocycles. The molecule has 0 N–H and O–H groups in total. The van der Waals surface area contributed by atoms with Gasteiger partial charge < -0.3 is 9.13 Å². The third-order valence-corrected chi connectivity index (χ3v) is 11.7. The molecule has 0 radical (unpaired) electrons. The maximum atomic E-state index is 6.77. The predicted octanol–water partition coefficient (Wildman–Crippen LogP) is 14.1. The van der Waals surface area contributed by atoms with Crippen LogP contribution in [-0.2, 0) is 0 Å². The lowest BCUT2D eigenvalue weighted by atomic mass is 9.99. The van der Waals surface area contributed by atoms with Crippen molar-refractivity contribution in [1.29, 1.82) is 0 Å². The summed E-state index contributed by atoms with van der Waals surface area (Å²) in [6.45, 7) is 0. The number of halogens is 1. The average Bonchev–Trinajstić information content (AvgIpc) is 3.76. The van der Waals surface area contributed by atoms with Gasteiger partial charge in [-0.05, 0) is 95.0 Å². The predicted molar refractivity (Wildman–Crippen MR) is 239 cm³/mol. The standard InChI is InChI=1S/C52H31ClN4/c53-37-23-24-41-44-27-32-12-4-5-13-33(32)29-49(44)57(50(41)31-37)48-30-36(26-34-14-6-7-17-39(34)48)51-42-19-8-10-20-45(42)54-52(55-51)35-22-25-47-43(28-35)40-18-9-11-21-46(40)56(47)38-15-2-1-3-16-38/h1-31H. The first-order valence-corrected chi connectivity index (χ1v) is 19.6. The molecule has 0 amide bonds. The van der Waals surface area contributed by atoms with Crippen molar-refractivity contribution in [2.45, 2.75) is 0 Å². The summed E-state index contributed by atoms with van der Waals surface area (Å²) < 4.78 is 4.72. The van der Waals surface area contributed by atoms with Crippen LogP contribution in [0.15, 0.2) is 188 Å². The van der Waals surface area contributed by atoms with E-state index in [1.807, 2.05) is 6.07 Å². The minimum Gasteiger partial charge on any atom is -0.309 e. The fourth-order valence-electron chi connectivity index (χ4n) is 8.94. The fourth-order valence-corrected chi connectivity index (χ4v) is 9.11. The minimum absolute atomic E-state index is 0.687. The topological polar surface area (TPSA) is 35.6 Å². The van der Waals surface area contributed by atoms with Crippen LogP contribution < -0.4 is 0 Å². The summed E-state index contributed by atoms with van der Waals surface area (Å²) in [6, 6.07) is 66.7. The second-order valence-electron chi connectivity index (χ2n) is 14.8. The monoisotopic (exact) mass is 746 g/mol. The first kappa shape index (κ1) is 32.0. The number of aromatic nitrogens is 4. The number of hydrogen-bond donors (Lipinski definition) is 0. The van der Waals surface area contributed by atoms with Crippen LogP contribution in [0.4, 0.5) is 0 Å². The second-order valence-corrected chi connectivity index (χ2v) is 15.2. The van der Waals surface area contributed by atoms with E-state index in [4.69, 9.17) is 21.6 Å². The van der Waals surface area contributed by atoms with E-state index in [9.17, 15) is 0 Å². The van der Waals surface area contributed by atoms with Crippen LogP contribution in [0.1, 0.15) is 0 Å². The highest BCUT2D eigenvalue weighted by Crippen LogP contribution is 2.41. The Morgan fingerprint density at radius 2 is 1.02 bits per heavy atom.